The Morgan fingerprint density at radius 1 is 1.29 bits per heavy atom. The zero-order chi connectivity index (χ0) is 15.1. The third-order valence-corrected chi connectivity index (χ3v) is 4.38. The molecule has 1 saturated carbocycles. The Kier molecular flexibility index (Phi) is 6.60. The third kappa shape index (κ3) is 7.02. The number of benzene rings is 1. The normalized spacial score (nSPS) is 13.6. The second-order valence-corrected chi connectivity index (χ2v) is 6.77. The number of thiocarbonyl (C=S) groups is 1. The van der Waals surface area contributed by atoms with E-state index in [-0.39, 0.29) is 12.5 Å². The van der Waals surface area contributed by atoms with Gasteiger partial charge in [-0.25, -0.2) is 0 Å². The van der Waals surface area contributed by atoms with Crippen LogP contribution in [0.4, 0.5) is 0 Å². The summed E-state index contributed by atoms with van der Waals surface area (Å²) >= 11 is 12.7. The fourth-order valence-corrected chi connectivity index (χ4v) is 2.66. The zero-order valence-corrected chi connectivity index (χ0v) is 13.9. The average molecular weight is 344 g/mol. The zero-order valence-electron chi connectivity index (χ0n) is 11.5. The number of halogens is 1. The highest BCUT2D eigenvalue weighted by atomic mass is 35.5. The molecule has 0 saturated heterocycles. The lowest BCUT2D eigenvalue weighted by Gasteiger charge is -2.10. The molecule has 1 aromatic rings. The van der Waals surface area contributed by atoms with Crippen LogP contribution >= 0.6 is 35.6 Å². The SMILES string of the molecule is O=C(CNC(=S)NCCSc1ccc(Cl)cc1)NC1CC1. The molecule has 7 heteroatoms. The minimum absolute atomic E-state index is 0.00260. The van der Waals surface area contributed by atoms with Crippen molar-refractivity contribution in [3.05, 3.63) is 29.3 Å². The molecule has 21 heavy (non-hydrogen) atoms. The number of carbonyl (C=O) groups is 1. The number of rotatable bonds is 7. The fourth-order valence-electron chi connectivity index (χ4n) is 1.59. The quantitative estimate of drug-likeness (QED) is 0.402. The summed E-state index contributed by atoms with van der Waals surface area (Å²) in [4.78, 5) is 12.6. The molecule has 0 heterocycles. The highest BCUT2D eigenvalue weighted by Crippen LogP contribution is 2.19. The van der Waals surface area contributed by atoms with Crippen molar-refractivity contribution in [3.63, 3.8) is 0 Å². The molecule has 3 N–H and O–H groups in total. The lowest BCUT2D eigenvalue weighted by molar-refractivity contribution is -0.120. The van der Waals surface area contributed by atoms with Crippen molar-refractivity contribution in [3.8, 4) is 0 Å². The fraction of sp³-hybridized carbons (Fsp3) is 0.429. The van der Waals surface area contributed by atoms with E-state index in [1.54, 1.807) is 11.8 Å². The highest BCUT2D eigenvalue weighted by Gasteiger charge is 2.22. The van der Waals surface area contributed by atoms with E-state index in [1.165, 1.54) is 4.90 Å². The van der Waals surface area contributed by atoms with Crippen molar-refractivity contribution in [1.82, 2.24) is 16.0 Å². The summed E-state index contributed by atoms with van der Waals surface area (Å²) in [6, 6.07) is 8.12. The Morgan fingerprint density at radius 2 is 2.00 bits per heavy atom. The first-order valence-corrected chi connectivity index (χ1v) is 8.60. The lowest BCUT2D eigenvalue weighted by atomic mass is 10.4. The van der Waals surface area contributed by atoms with Gasteiger partial charge in [0.2, 0.25) is 5.91 Å². The van der Waals surface area contributed by atoms with Crippen LogP contribution < -0.4 is 16.0 Å². The number of carbonyl (C=O) groups excluding carboxylic acids is 1. The standard InChI is InChI=1S/C14H18ClN3OS2/c15-10-1-5-12(6-2-10)21-8-7-16-14(20)17-9-13(19)18-11-3-4-11/h1-2,5-6,11H,3-4,7-9H2,(H,18,19)(H2,16,17,20). The second-order valence-electron chi connectivity index (χ2n) is 4.75. The molecule has 0 spiro atoms. The van der Waals surface area contributed by atoms with E-state index >= 15 is 0 Å². The predicted molar refractivity (Wildman–Crippen MR) is 91.9 cm³/mol. The molecule has 1 fully saturated rings. The maximum atomic E-state index is 11.5. The summed E-state index contributed by atoms with van der Waals surface area (Å²) in [6.07, 6.45) is 2.19. The molecule has 4 nitrogen and oxygen atoms in total. The number of thioether (sulfide) groups is 1. The van der Waals surface area contributed by atoms with Gasteiger partial charge in [-0.3, -0.25) is 4.79 Å². The molecule has 1 aliphatic rings. The van der Waals surface area contributed by atoms with Gasteiger partial charge in [0, 0.05) is 28.3 Å². The Hall–Kier alpha value is -0.980. The smallest absolute Gasteiger partial charge is 0.239 e. The van der Waals surface area contributed by atoms with Gasteiger partial charge < -0.3 is 16.0 Å². The van der Waals surface area contributed by atoms with Crippen molar-refractivity contribution in [1.29, 1.82) is 0 Å². The summed E-state index contributed by atoms with van der Waals surface area (Å²) in [5.74, 6) is 0.884. The van der Waals surface area contributed by atoms with E-state index in [2.05, 4.69) is 16.0 Å². The van der Waals surface area contributed by atoms with E-state index in [0.29, 0.717) is 11.2 Å². The second kappa shape index (κ2) is 8.46. The van der Waals surface area contributed by atoms with Gasteiger partial charge in [0.05, 0.1) is 6.54 Å². The molecule has 1 aromatic carbocycles. The molecule has 2 rings (SSSR count). The molecule has 114 valence electrons. The molecule has 1 aliphatic carbocycles. The monoisotopic (exact) mass is 343 g/mol. The first-order valence-electron chi connectivity index (χ1n) is 6.83. The van der Waals surface area contributed by atoms with Gasteiger partial charge in [-0.2, -0.15) is 0 Å². The average Bonchev–Trinajstić information content (AvgIpc) is 3.27. The molecular formula is C14H18ClN3OS2. The first kappa shape index (κ1) is 16.4. The summed E-state index contributed by atoms with van der Waals surface area (Å²) in [7, 11) is 0. The Morgan fingerprint density at radius 3 is 2.67 bits per heavy atom. The van der Waals surface area contributed by atoms with Crippen LogP contribution in [0.3, 0.4) is 0 Å². The number of amides is 1. The first-order chi connectivity index (χ1) is 10.1. The topological polar surface area (TPSA) is 53.2 Å². The maximum Gasteiger partial charge on any atom is 0.239 e. The van der Waals surface area contributed by atoms with Crippen molar-refractivity contribution in [2.24, 2.45) is 0 Å². The minimum atomic E-state index is -0.00260. The van der Waals surface area contributed by atoms with Gasteiger partial charge in [-0.1, -0.05) is 11.6 Å². The van der Waals surface area contributed by atoms with Crippen LogP contribution in [-0.2, 0) is 4.79 Å². The summed E-state index contributed by atoms with van der Waals surface area (Å²) in [5, 5.41) is 10.1. The van der Waals surface area contributed by atoms with Crippen LogP contribution in [0.2, 0.25) is 5.02 Å². The van der Waals surface area contributed by atoms with Crippen molar-refractivity contribution in [2.45, 2.75) is 23.8 Å². The minimum Gasteiger partial charge on any atom is -0.362 e. The van der Waals surface area contributed by atoms with E-state index in [0.717, 1.165) is 30.2 Å². The largest absolute Gasteiger partial charge is 0.362 e. The van der Waals surface area contributed by atoms with Crippen LogP contribution in [0.15, 0.2) is 29.2 Å². The van der Waals surface area contributed by atoms with Crippen molar-refractivity contribution in [2.75, 3.05) is 18.8 Å². The molecular weight excluding hydrogens is 326 g/mol. The summed E-state index contributed by atoms with van der Waals surface area (Å²) < 4.78 is 0. The molecule has 0 aromatic heterocycles. The van der Waals surface area contributed by atoms with Crippen LogP contribution in [0.25, 0.3) is 0 Å². The van der Waals surface area contributed by atoms with Crippen molar-refractivity contribution < 1.29 is 4.79 Å². The van der Waals surface area contributed by atoms with Gasteiger partial charge >= 0.3 is 0 Å². The summed E-state index contributed by atoms with van der Waals surface area (Å²) in [5.41, 5.74) is 0. The van der Waals surface area contributed by atoms with Gasteiger partial charge in [-0.15, -0.1) is 11.8 Å². The molecule has 0 unspecified atom stereocenters. The van der Waals surface area contributed by atoms with E-state index < -0.39 is 0 Å². The molecule has 0 radical (unpaired) electrons. The predicted octanol–water partition coefficient (Wildman–Crippen LogP) is 2.17. The number of hydrogen-bond donors (Lipinski definition) is 3. The van der Waals surface area contributed by atoms with Crippen LogP contribution in [0, 0.1) is 0 Å². The molecule has 0 atom stereocenters. The van der Waals surface area contributed by atoms with Gasteiger partial charge in [-0.05, 0) is 49.3 Å². The third-order valence-electron chi connectivity index (χ3n) is 2.82. The highest BCUT2D eigenvalue weighted by molar-refractivity contribution is 7.99. The van der Waals surface area contributed by atoms with Crippen LogP contribution in [-0.4, -0.2) is 35.9 Å². The molecule has 0 aliphatic heterocycles. The van der Waals surface area contributed by atoms with Gasteiger partial charge in [0.25, 0.3) is 0 Å². The number of nitrogens with one attached hydrogen (secondary N) is 3. The van der Waals surface area contributed by atoms with Crippen LogP contribution in [0.1, 0.15) is 12.8 Å². The Balaban J connectivity index is 1.52. The van der Waals surface area contributed by atoms with E-state index in [4.69, 9.17) is 23.8 Å². The maximum absolute atomic E-state index is 11.5. The molecule has 1 amide bonds. The lowest BCUT2D eigenvalue weighted by Crippen LogP contribution is -2.42. The molecule has 0 bridgehead atoms. The Labute approximate surface area is 139 Å². The van der Waals surface area contributed by atoms with Gasteiger partial charge in [0.15, 0.2) is 5.11 Å². The van der Waals surface area contributed by atoms with E-state index in [1.807, 2.05) is 24.3 Å². The summed E-state index contributed by atoms with van der Waals surface area (Å²) in [6.45, 7) is 0.968. The van der Waals surface area contributed by atoms with Crippen LogP contribution in [0.5, 0.6) is 0 Å². The Bertz CT molecular complexity index is 491. The number of hydrogen-bond acceptors (Lipinski definition) is 3. The van der Waals surface area contributed by atoms with E-state index in [9.17, 15) is 4.79 Å². The van der Waals surface area contributed by atoms with Gasteiger partial charge in [0.1, 0.15) is 0 Å². The van der Waals surface area contributed by atoms with Crippen molar-refractivity contribution >= 4 is 46.6 Å².